The molecule has 0 bridgehead atoms. The highest BCUT2D eigenvalue weighted by molar-refractivity contribution is 6.74. The van der Waals surface area contributed by atoms with Crippen molar-refractivity contribution in [3.8, 4) is 0 Å². The van der Waals surface area contributed by atoms with Gasteiger partial charge in [-0.15, -0.1) is 0 Å². The van der Waals surface area contributed by atoms with Crippen molar-refractivity contribution in [2.24, 2.45) is 5.73 Å². The summed E-state index contributed by atoms with van der Waals surface area (Å²) in [6.45, 7) is 12.2. The molecule has 1 saturated heterocycles. The Hall–Kier alpha value is -0.393. The Kier molecular flexibility index (Phi) is 4.06. The van der Waals surface area contributed by atoms with E-state index in [1.54, 1.807) is 0 Å². The number of amides is 1. The Bertz CT molecular complexity index is 293. The summed E-state index contributed by atoms with van der Waals surface area (Å²) in [5, 5.41) is 0.188. The third-order valence-electron chi connectivity index (χ3n) is 4.11. The van der Waals surface area contributed by atoms with Crippen LogP contribution in [0.2, 0.25) is 18.1 Å². The lowest BCUT2D eigenvalue weighted by Gasteiger charge is -2.41. The largest absolute Gasteiger partial charge is 0.417 e. The molecule has 0 aromatic rings. The number of ether oxygens (including phenoxy) is 1. The zero-order chi connectivity index (χ0) is 13.3. The van der Waals surface area contributed by atoms with Gasteiger partial charge < -0.3 is 14.9 Å². The van der Waals surface area contributed by atoms with Crippen LogP contribution >= 0.6 is 0 Å². The van der Waals surface area contributed by atoms with Gasteiger partial charge in [0.15, 0.2) is 13.9 Å². The molecule has 0 radical (unpaired) electrons. The number of rotatable bonds is 5. The first-order valence-corrected chi connectivity index (χ1v) is 9.09. The van der Waals surface area contributed by atoms with Crippen molar-refractivity contribution in [2.75, 3.05) is 13.2 Å². The maximum Gasteiger partial charge on any atom is 0.249 e. The van der Waals surface area contributed by atoms with Gasteiger partial charge in [-0.05, 0) is 18.1 Å². The molecule has 5 heteroatoms. The smallest absolute Gasteiger partial charge is 0.249 e. The van der Waals surface area contributed by atoms with Crippen LogP contribution in [0.4, 0.5) is 0 Å². The van der Waals surface area contributed by atoms with E-state index in [0.29, 0.717) is 19.6 Å². The minimum atomic E-state index is -1.74. The molecular weight excluding hydrogens is 234 g/mol. The fourth-order valence-corrected chi connectivity index (χ4v) is 2.60. The molecule has 0 spiro atoms. The quantitative estimate of drug-likeness (QED) is 0.769. The summed E-state index contributed by atoms with van der Waals surface area (Å²) in [6, 6.07) is 0. The maximum atomic E-state index is 11.3. The fraction of sp³-hybridized carbons (Fsp3) is 0.917. The van der Waals surface area contributed by atoms with Crippen LogP contribution in [0.3, 0.4) is 0 Å². The highest BCUT2D eigenvalue weighted by atomic mass is 28.4. The third kappa shape index (κ3) is 3.08. The summed E-state index contributed by atoms with van der Waals surface area (Å²) in [7, 11) is -1.74. The molecule has 1 rings (SSSR count). The molecule has 0 aliphatic carbocycles. The zero-order valence-electron chi connectivity index (χ0n) is 11.6. The summed E-state index contributed by atoms with van der Waals surface area (Å²) in [5.41, 5.74) is 4.61. The minimum absolute atomic E-state index is 0.188. The van der Waals surface area contributed by atoms with Crippen LogP contribution in [0.1, 0.15) is 33.6 Å². The van der Waals surface area contributed by atoms with Crippen LogP contribution in [0, 0.1) is 0 Å². The fourth-order valence-electron chi connectivity index (χ4n) is 1.55. The van der Waals surface area contributed by atoms with Gasteiger partial charge in [0, 0.05) is 19.4 Å². The van der Waals surface area contributed by atoms with E-state index >= 15 is 0 Å². The van der Waals surface area contributed by atoms with Gasteiger partial charge in [-0.1, -0.05) is 20.8 Å². The second-order valence-corrected chi connectivity index (χ2v) is 11.1. The first-order chi connectivity index (χ1) is 7.61. The number of nitrogens with two attached hydrogens (primary N) is 1. The van der Waals surface area contributed by atoms with E-state index in [2.05, 4.69) is 33.9 Å². The molecule has 4 nitrogen and oxygen atoms in total. The predicted molar refractivity (Wildman–Crippen MR) is 70.3 cm³/mol. The number of hydrogen-bond acceptors (Lipinski definition) is 3. The lowest BCUT2D eigenvalue weighted by atomic mass is 9.91. The van der Waals surface area contributed by atoms with E-state index in [-0.39, 0.29) is 10.9 Å². The first-order valence-electron chi connectivity index (χ1n) is 6.19. The topological polar surface area (TPSA) is 61.5 Å². The van der Waals surface area contributed by atoms with Crippen LogP contribution in [0.15, 0.2) is 0 Å². The normalized spacial score (nSPS) is 25.5. The molecule has 1 unspecified atom stereocenters. The molecule has 0 aromatic carbocycles. The van der Waals surface area contributed by atoms with Crippen molar-refractivity contribution in [3.05, 3.63) is 0 Å². The number of hydrogen-bond donors (Lipinski definition) is 1. The van der Waals surface area contributed by atoms with E-state index < -0.39 is 13.9 Å². The number of carbonyl (C=O) groups excluding carboxylic acids is 1. The molecule has 100 valence electrons. The molecule has 1 aliphatic heterocycles. The van der Waals surface area contributed by atoms with Crippen molar-refractivity contribution >= 4 is 14.2 Å². The van der Waals surface area contributed by atoms with Crippen molar-refractivity contribution in [3.63, 3.8) is 0 Å². The van der Waals surface area contributed by atoms with Crippen LogP contribution in [-0.4, -0.2) is 33.0 Å². The molecule has 0 aromatic heterocycles. The maximum absolute atomic E-state index is 11.3. The van der Waals surface area contributed by atoms with Gasteiger partial charge in [0.25, 0.3) is 0 Å². The Balaban J connectivity index is 2.45. The summed E-state index contributed by atoms with van der Waals surface area (Å²) < 4.78 is 11.4. The molecule has 0 saturated carbocycles. The van der Waals surface area contributed by atoms with Crippen LogP contribution in [-0.2, 0) is 14.0 Å². The van der Waals surface area contributed by atoms with E-state index in [1.807, 2.05) is 0 Å². The average molecular weight is 259 g/mol. The lowest BCUT2D eigenvalue weighted by Crippen LogP contribution is -2.55. The van der Waals surface area contributed by atoms with Gasteiger partial charge in [-0.25, -0.2) is 0 Å². The Morgan fingerprint density at radius 2 is 2.00 bits per heavy atom. The van der Waals surface area contributed by atoms with Gasteiger partial charge >= 0.3 is 0 Å². The Morgan fingerprint density at radius 3 is 2.29 bits per heavy atom. The summed E-state index contributed by atoms with van der Waals surface area (Å²) in [4.78, 5) is 11.3. The van der Waals surface area contributed by atoms with Crippen molar-refractivity contribution in [2.45, 2.75) is 57.3 Å². The van der Waals surface area contributed by atoms with E-state index in [4.69, 9.17) is 14.9 Å². The van der Waals surface area contributed by atoms with Crippen LogP contribution < -0.4 is 5.73 Å². The SMILES string of the molecule is CC(C)(C)[Si](C)(C)OCCC1(C(N)=O)CCO1. The van der Waals surface area contributed by atoms with E-state index in [9.17, 15) is 4.79 Å². The summed E-state index contributed by atoms with van der Waals surface area (Å²) in [5.74, 6) is -0.359. The van der Waals surface area contributed by atoms with Gasteiger partial charge in [-0.3, -0.25) is 4.79 Å². The van der Waals surface area contributed by atoms with E-state index in [0.717, 1.165) is 6.42 Å². The van der Waals surface area contributed by atoms with Gasteiger partial charge in [0.05, 0.1) is 6.61 Å². The van der Waals surface area contributed by atoms with Crippen molar-refractivity contribution in [1.29, 1.82) is 0 Å². The second-order valence-electron chi connectivity index (χ2n) is 6.32. The number of carbonyl (C=O) groups is 1. The summed E-state index contributed by atoms with van der Waals surface area (Å²) >= 11 is 0. The standard InChI is InChI=1S/C12H25NO3Si/c1-11(2,3)17(4,5)16-9-7-12(10(13)14)6-8-15-12/h6-9H2,1-5H3,(H2,13,14). The van der Waals surface area contributed by atoms with Crippen molar-refractivity contribution < 1.29 is 14.0 Å². The van der Waals surface area contributed by atoms with Gasteiger partial charge in [0.2, 0.25) is 5.91 Å². The monoisotopic (exact) mass is 259 g/mol. The molecule has 1 aliphatic rings. The zero-order valence-corrected chi connectivity index (χ0v) is 12.6. The molecular formula is C12H25NO3Si. The molecule has 1 fully saturated rings. The number of primary amides is 1. The molecule has 17 heavy (non-hydrogen) atoms. The molecule has 1 amide bonds. The third-order valence-corrected chi connectivity index (χ3v) is 8.65. The molecule has 1 atom stereocenters. The highest BCUT2D eigenvalue weighted by Crippen LogP contribution is 2.37. The molecule has 1 heterocycles. The second kappa shape index (κ2) is 4.70. The van der Waals surface area contributed by atoms with Crippen LogP contribution in [0.25, 0.3) is 0 Å². The average Bonchev–Trinajstić information content (AvgIpc) is 2.06. The van der Waals surface area contributed by atoms with Crippen molar-refractivity contribution in [1.82, 2.24) is 0 Å². The van der Waals surface area contributed by atoms with E-state index in [1.165, 1.54) is 0 Å². The predicted octanol–water partition coefficient (Wildman–Crippen LogP) is 2.04. The molecule has 2 N–H and O–H groups in total. The first kappa shape index (κ1) is 14.7. The van der Waals surface area contributed by atoms with Crippen LogP contribution in [0.5, 0.6) is 0 Å². The minimum Gasteiger partial charge on any atom is -0.417 e. The summed E-state index contributed by atoms with van der Waals surface area (Å²) in [6.07, 6.45) is 1.30. The Labute approximate surface area is 105 Å². The van der Waals surface area contributed by atoms with Gasteiger partial charge in [-0.2, -0.15) is 0 Å². The Morgan fingerprint density at radius 1 is 1.47 bits per heavy atom. The lowest BCUT2D eigenvalue weighted by molar-refractivity contribution is -0.177. The highest BCUT2D eigenvalue weighted by Gasteiger charge is 2.45. The van der Waals surface area contributed by atoms with Gasteiger partial charge in [0.1, 0.15) is 0 Å².